The third-order valence-electron chi connectivity index (χ3n) is 2.94. The Kier molecular flexibility index (Phi) is 4.95. The molecule has 0 saturated carbocycles. The summed E-state index contributed by atoms with van der Waals surface area (Å²) in [5.74, 6) is 0.889. The van der Waals surface area contributed by atoms with Gasteiger partial charge in [-0.25, -0.2) is 0 Å². The summed E-state index contributed by atoms with van der Waals surface area (Å²) in [6.07, 6.45) is 1.76. The van der Waals surface area contributed by atoms with Gasteiger partial charge in [0.2, 0.25) is 0 Å². The Hall–Kier alpha value is -2.08. The fourth-order valence-corrected chi connectivity index (χ4v) is 1.68. The SMILES string of the molecule is CN(C)CCOc1ccc(NCc2cnnn2C)cc1. The van der Waals surface area contributed by atoms with Crippen LogP contribution in [0.15, 0.2) is 30.5 Å². The van der Waals surface area contributed by atoms with Crippen molar-refractivity contribution >= 4 is 5.69 Å². The largest absolute Gasteiger partial charge is 0.492 e. The number of hydrogen-bond donors (Lipinski definition) is 1. The molecule has 0 fully saturated rings. The number of aryl methyl sites for hydroxylation is 1. The lowest BCUT2D eigenvalue weighted by Crippen LogP contribution is -2.19. The van der Waals surface area contributed by atoms with Crippen LogP contribution < -0.4 is 10.1 Å². The zero-order chi connectivity index (χ0) is 14.4. The highest BCUT2D eigenvalue weighted by Gasteiger charge is 2.00. The minimum Gasteiger partial charge on any atom is -0.492 e. The van der Waals surface area contributed by atoms with Gasteiger partial charge in [0.25, 0.3) is 0 Å². The van der Waals surface area contributed by atoms with Crippen molar-refractivity contribution in [3.8, 4) is 5.75 Å². The number of hydrogen-bond acceptors (Lipinski definition) is 5. The first-order valence-corrected chi connectivity index (χ1v) is 6.60. The zero-order valence-electron chi connectivity index (χ0n) is 12.2. The van der Waals surface area contributed by atoms with Crippen molar-refractivity contribution < 1.29 is 4.74 Å². The van der Waals surface area contributed by atoms with Gasteiger partial charge in [0.05, 0.1) is 18.4 Å². The Balaban J connectivity index is 1.81. The number of likely N-dealkylation sites (N-methyl/N-ethyl adjacent to an activating group) is 1. The average Bonchev–Trinajstić information content (AvgIpc) is 2.83. The van der Waals surface area contributed by atoms with Crippen molar-refractivity contribution in [2.24, 2.45) is 7.05 Å². The van der Waals surface area contributed by atoms with Crippen molar-refractivity contribution in [1.29, 1.82) is 0 Å². The summed E-state index contributed by atoms with van der Waals surface area (Å²) in [6, 6.07) is 7.96. The van der Waals surface area contributed by atoms with Gasteiger partial charge in [-0.3, -0.25) is 4.68 Å². The first kappa shape index (κ1) is 14.3. The van der Waals surface area contributed by atoms with Crippen molar-refractivity contribution in [2.75, 3.05) is 32.6 Å². The summed E-state index contributed by atoms with van der Waals surface area (Å²) in [5.41, 5.74) is 2.09. The van der Waals surface area contributed by atoms with E-state index in [-0.39, 0.29) is 0 Å². The van der Waals surface area contributed by atoms with Gasteiger partial charge in [-0.05, 0) is 38.4 Å². The third-order valence-corrected chi connectivity index (χ3v) is 2.94. The van der Waals surface area contributed by atoms with Crippen molar-refractivity contribution in [3.05, 3.63) is 36.2 Å². The van der Waals surface area contributed by atoms with Crippen molar-refractivity contribution in [2.45, 2.75) is 6.54 Å². The second-order valence-corrected chi connectivity index (χ2v) is 4.88. The summed E-state index contributed by atoms with van der Waals surface area (Å²) in [5, 5.41) is 11.1. The zero-order valence-corrected chi connectivity index (χ0v) is 12.2. The third kappa shape index (κ3) is 4.24. The van der Waals surface area contributed by atoms with Gasteiger partial charge < -0.3 is 15.0 Å². The number of benzene rings is 1. The quantitative estimate of drug-likeness (QED) is 0.827. The molecule has 2 aromatic rings. The highest BCUT2D eigenvalue weighted by Crippen LogP contribution is 2.16. The molecule has 2 rings (SSSR count). The van der Waals surface area contributed by atoms with Crippen LogP contribution in [0.3, 0.4) is 0 Å². The van der Waals surface area contributed by atoms with Gasteiger partial charge in [-0.1, -0.05) is 5.21 Å². The number of nitrogens with zero attached hydrogens (tertiary/aromatic N) is 4. The van der Waals surface area contributed by atoms with E-state index in [1.807, 2.05) is 45.4 Å². The molecule has 6 heteroatoms. The summed E-state index contributed by atoms with van der Waals surface area (Å²) < 4.78 is 7.40. The van der Waals surface area contributed by atoms with Gasteiger partial charge in [-0.15, -0.1) is 5.10 Å². The van der Waals surface area contributed by atoms with E-state index in [1.165, 1.54) is 0 Å². The molecule has 0 amide bonds. The molecule has 0 radical (unpaired) electrons. The molecule has 1 aromatic heterocycles. The predicted octanol–water partition coefficient (Wildman–Crippen LogP) is 1.37. The molecular formula is C14H21N5O. The molecule has 20 heavy (non-hydrogen) atoms. The van der Waals surface area contributed by atoms with Gasteiger partial charge in [-0.2, -0.15) is 0 Å². The van der Waals surface area contributed by atoms with Gasteiger partial charge in [0.1, 0.15) is 12.4 Å². The van der Waals surface area contributed by atoms with E-state index >= 15 is 0 Å². The van der Waals surface area contributed by atoms with Crippen LogP contribution in [0.2, 0.25) is 0 Å². The molecule has 0 aliphatic heterocycles. The Bertz CT molecular complexity index is 521. The van der Waals surface area contributed by atoms with Gasteiger partial charge >= 0.3 is 0 Å². The molecule has 0 atom stereocenters. The second-order valence-electron chi connectivity index (χ2n) is 4.88. The maximum absolute atomic E-state index is 5.65. The fourth-order valence-electron chi connectivity index (χ4n) is 1.68. The topological polar surface area (TPSA) is 55.2 Å². The Labute approximate surface area is 119 Å². The fraction of sp³-hybridized carbons (Fsp3) is 0.429. The molecule has 1 N–H and O–H groups in total. The lowest BCUT2D eigenvalue weighted by molar-refractivity contribution is 0.261. The van der Waals surface area contributed by atoms with Crippen LogP contribution in [0.1, 0.15) is 5.69 Å². The Morgan fingerprint density at radius 2 is 2.00 bits per heavy atom. The summed E-state index contributed by atoms with van der Waals surface area (Å²) in [7, 11) is 5.94. The van der Waals surface area contributed by atoms with E-state index < -0.39 is 0 Å². The molecule has 0 bridgehead atoms. The highest BCUT2D eigenvalue weighted by molar-refractivity contribution is 5.46. The van der Waals surface area contributed by atoms with E-state index in [4.69, 9.17) is 4.74 Å². The van der Waals surface area contributed by atoms with Gasteiger partial charge in [0, 0.05) is 19.3 Å². The van der Waals surface area contributed by atoms with Crippen LogP contribution in [0.4, 0.5) is 5.69 Å². The van der Waals surface area contributed by atoms with E-state index in [9.17, 15) is 0 Å². The molecule has 0 spiro atoms. The number of nitrogens with one attached hydrogen (secondary N) is 1. The van der Waals surface area contributed by atoms with Crippen LogP contribution in [0.25, 0.3) is 0 Å². The maximum atomic E-state index is 5.65. The molecule has 0 aliphatic rings. The summed E-state index contributed by atoms with van der Waals surface area (Å²) in [6.45, 7) is 2.30. The normalized spacial score (nSPS) is 10.8. The molecule has 6 nitrogen and oxygen atoms in total. The second kappa shape index (κ2) is 6.91. The summed E-state index contributed by atoms with van der Waals surface area (Å²) in [4.78, 5) is 2.10. The average molecular weight is 275 g/mol. The number of aromatic nitrogens is 3. The maximum Gasteiger partial charge on any atom is 0.119 e. The number of anilines is 1. The standard InChI is InChI=1S/C14H21N5O/c1-18(2)8-9-20-14-6-4-12(5-7-14)15-10-13-11-16-17-19(13)3/h4-7,11,15H,8-10H2,1-3H3. The van der Waals surface area contributed by atoms with Crippen molar-refractivity contribution in [3.63, 3.8) is 0 Å². The Morgan fingerprint density at radius 3 is 2.60 bits per heavy atom. The molecule has 0 saturated heterocycles. The molecule has 0 aliphatic carbocycles. The molecule has 108 valence electrons. The molecule has 1 aromatic carbocycles. The van der Waals surface area contributed by atoms with E-state index in [0.717, 1.165) is 23.7 Å². The van der Waals surface area contributed by atoms with E-state index in [0.29, 0.717) is 13.2 Å². The van der Waals surface area contributed by atoms with Crippen molar-refractivity contribution in [1.82, 2.24) is 19.9 Å². The molecular weight excluding hydrogens is 254 g/mol. The van der Waals surface area contributed by atoms with Crippen LogP contribution in [-0.4, -0.2) is 47.1 Å². The monoisotopic (exact) mass is 275 g/mol. The molecule has 1 heterocycles. The highest BCUT2D eigenvalue weighted by atomic mass is 16.5. The van der Waals surface area contributed by atoms with Crippen LogP contribution in [0, 0.1) is 0 Å². The van der Waals surface area contributed by atoms with E-state index in [1.54, 1.807) is 10.9 Å². The Morgan fingerprint density at radius 1 is 1.25 bits per heavy atom. The first-order valence-electron chi connectivity index (χ1n) is 6.60. The first-order chi connectivity index (χ1) is 9.65. The van der Waals surface area contributed by atoms with E-state index in [2.05, 4.69) is 20.5 Å². The lowest BCUT2D eigenvalue weighted by Gasteiger charge is -2.11. The number of ether oxygens (including phenoxy) is 1. The van der Waals surface area contributed by atoms with Crippen LogP contribution >= 0.6 is 0 Å². The lowest BCUT2D eigenvalue weighted by atomic mass is 10.3. The number of rotatable bonds is 7. The molecule has 0 unspecified atom stereocenters. The van der Waals surface area contributed by atoms with Crippen LogP contribution in [0.5, 0.6) is 5.75 Å². The van der Waals surface area contributed by atoms with Gasteiger partial charge in [0.15, 0.2) is 0 Å². The van der Waals surface area contributed by atoms with Crippen LogP contribution in [-0.2, 0) is 13.6 Å². The predicted molar refractivity (Wildman–Crippen MR) is 78.8 cm³/mol. The summed E-state index contributed by atoms with van der Waals surface area (Å²) >= 11 is 0. The minimum atomic E-state index is 0.695. The minimum absolute atomic E-state index is 0.695. The smallest absolute Gasteiger partial charge is 0.119 e.